The molecule has 0 amide bonds. The number of rotatable bonds is 3. The van der Waals surface area contributed by atoms with Crippen LogP contribution in [0.15, 0.2) is 24.4 Å². The van der Waals surface area contributed by atoms with Gasteiger partial charge in [-0.15, -0.1) is 0 Å². The van der Waals surface area contributed by atoms with Gasteiger partial charge in [0.1, 0.15) is 0 Å². The van der Waals surface area contributed by atoms with Gasteiger partial charge in [0, 0.05) is 28.8 Å². The molecule has 2 atom stereocenters. The number of aromatic nitrogens is 1. The molecule has 1 aliphatic rings. The van der Waals surface area contributed by atoms with Crippen molar-refractivity contribution in [1.29, 1.82) is 0 Å². The lowest BCUT2D eigenvalue weighted by atomic mass is 10.2. The number of nitrogens with one attached hydrogen (secondary N) is 1. The molecule has 0 aromatic carbocycles. The second-order valence-electron chi connectivity index (χ2n) is 3.81. The topological polar surface area (TPSA) is 42.0 Å². The molecule has 82 valence electrons. The molecule has 3 nitrogen and oxygen atoms in total. The third-order valence-corrected chi connectivity index (χ3v) is 4.37. The Morgan fingerprint density at radius 2 is 2.47 bits per heavy atom. The Kier molecular flexibility index (Phi) is 3.86. The number of hydrogen-bond donors (Lipinski definition) is 1. The van der Waals surface area contributed by atoms with Crippen molar-refractivity contribution in [2.45, 2.75) is 23.8 Å². The first kappa shape index (κ1) is 10.8. The van der Waals surface area contributed by atoms with Crippen LogP contribution in [-0.4, -0.2) is 27.5 Å². The van der Waals surface area contributed by atoms with Crippen LogP contribution in [0, 0.1) is 0 Å². The van der Waals surface area contributed by atoms with Gasteiger partial charge in [0.25, 0.3) is 0 Å². The lowest BCUT2D eigenvalue weighted by molar-refractivity contribution is 0.519. The van der Waals surface area contributed by atoms with Crippen molar-refractivity contribution in [1.82, 2.24) is 10.3 Å². The molecule has 4 heteroatoms. The van der Waals surface area contributed by atoms with E-state index in [1.54, 1.807) is 6.20 Å². The summed E-state index contributed by atoms with van der Waals surface area (Å²) in [5.41, 5.74) is 0.932. The molecule has 0 aliphatic carbocycles. The molecule has 15 heavy (non-hydrogen) atoms. The predicted molar refractivity (Wildman–Crippen MR) is 62.0 cm³/mol. The van der Waals surface area contributed by atoms with Crippen LogP contribution in [0.3, 0.4) is 0 Å². The van der Waals surface area contributed by atoms with Crippen LogP contribution in [0.25, 0.3) is 0 Å². The minimum atomic E-state index is -0.782. The van der Waals surface area contributed by atoms with Gasteiger partial charge in [-0.2, -0.15) is 0 Å². The number of hydrogen-bond acceptors (Lipinski definition) is 3. The van der Waals surface area contributed by atoms with Gasteiger partial charge in [-0.05, 0) is 31.5 Å². The van der Waals surface area contributed by atoms with E-state index >= 15 is 0 Å². The summed E-state index contributed by atoms with van der Waals surface area (Å²) in [7, 11) is -0.782. The molecule has 1 saturated heterocycles. The molecule has 1 aromatic heterocycles. The van der Waals surface area contributed by atoms with Crippen molar-refractivity contribution in [3.8, 4) is 0 Å². The first-order chi connectivity index (χ1) is 7.36. The van der Waals surface area contributed by atoms with E-state index in [9.17, 15) is 4.21 Å². The van der Waals surface area contributed by atoms with Crippen LogP contribution in [0.5, 0.6) is 0 Å². The lowest BCUT2D eigenvalue weighted by Gasteiger charge is -2.21. The van der Waals surface area contributed by atoms with Crippen LogP contribution in [0.1, 0.15) is 18.5 Å². The molecule has 2 unspecified atom stereocenters. The fraction of sp³-hybridized carbons (Fsp3) is 0.545. The van der Waals surface area contributed by atoms with Crippen LogP contribution in [-0.2, 0) is 16.6 Å². The van der Waals surface area contributed by atoms with Gasteiger partial charge in [0.05, 0.1) is 11.4 Å². The van der Waals surface area contributed by atoms with E-state index in [0.29, 0.717) is 11.0 Å². The van der Waals surface area contributed by atoms with E-state index in [4.69, 9.17) is 0 Å². The SMILES string of the molecule is O=S(Cc1ccccn1)C1CCCNC1. The molecule has 0 radical (unpaired) electrons. The number of pyridine rings is 1. The Bertz CT molecular complexity index is 323. The molecule has 2 heterocycles. The minimum Gasteiger partial charge on any atom is -0.316 e. The van der Waals surface area contributed by atoms with E-state index in [-0.39, 0.29) is 0 Å². The number of piperidine rings is 1. The molecular weight excluding hydrogens is 208 g/mol. The normalized spacial score (nSPS) is 23.6. The van der Waals surface area contributed by atoms with Crippen molar-refractivity contribution < 1.29 is 4.21 Å². The van der Waals surface area contributed by atoms with Crippen molar-refractivity contribution >= 4 is 10.8 Å². The van der Waals surface area contributed by atoms with Crippen molar-refractivity contribution in [3.63, 3.8) is 0 Å². The highest BCUT2D eigenvalue weighted by Gasteiger charge is 2.19. The van der Waals surface area contributed by atoms with Gasteiger partial charge < -0.3 is 5.32 Å². The van der Waals surface area contributed by atoms with Crippen molar-refractivity contribution in [3.05, 3.63) is 30.1 Å². The molecule has 0 bridgehead atoms. The smallest absolute Gasteiger partial charge is 0.0662 e. The zero-order valence-corrected chi connectivity index (χ0v) is 9.50. The van der Waals surface area contributed by atoms with Crippen LogP contribution < -0.4 is 5.32 Å². The monoisotopic (exact) mass is 224 g/mol. The zero-order valence-electron chi connectivity index (χ0n) is 8.69. The summed E-state index contributed by atoms with van der Waals surface area (Å²) in [5, 5.41) is 3.59. The maximum absolute atomic E-state index is 12.0. The average molecular weight is 224 g/mol. The average Bonchev–Trinajstić information content (AvgIpc) is 2.31. The van der Waals surface area contributed by atoms with Gasteiger partial charge >= 0.3 is 0 Å². The minimum absolute atomic E-state index is 0.306. The Morgan fingerprint density at radius 1 is 1.53 bits per heavy atom. The summed E-state index contributed by atoms with van der Waals surface area (Å²) in [6.45, 7) is 1.96. The summed E-state index contributed by atoms with van der Waals surface area (Å²) >= 11 is 0. The summed E-state index contributed by atoms with van der Waals surface area (Å²) in [4.78, 5) is 4.20. The lowest BCUT2D eigenvalue weighted by Crippen LogP contribution is -2.36. The van der Waals surface area contributed by atoms with Crippen molar-refractivity contribution in [2.24, 2.45) is 0 Å². The highest BCUT2D eigenvalue weighted by molar-refractivity contribution is 7.84. The molecule has 1 N–H and O–H groups in total. The second kappa shape index (κ2) is 5.37. The van der Waals surface area contributed by atoms with E-state index in [1.807, 2.05) is 18.2 Å². The largest absolute Gasteiger partial charge is 0.316 e. The maximum Gasteiger partial charge on any atom is 0.0662 e. The fourth-order valence-corrected chi connectivity index (χ4v) is 3.22. The third-order valence-electron chi connectivity index (χ3n) is 2.64. The fourth-order valence-electron chi connectivity index (χ4n) is 1.79. The van der Waals surface area contributed by atoms with Gasteiger partial charge in [-0.3, -0.25) is 9.19 Å². The summed E-state index contributed by atoms with van der Waals surface area (Å²) < 4.78 is 12.0. The molecule has 0 spiro atoms. The zero-order chi connectivity index (χ0) is 10.5. The summed E-state index contributed by atoms with van der Waals surface area (Å²) in [6.07, 6.45) is 3.97. The molecular formula is C11H16N2OS. The van der Waals surface area contributed by atoms with Gasteiger partial charge in [0.2, 0.25) is 0 Å². The van der Waals surface area contributed by atoms with Crippen LogP contribution in [0.2, 0.25) is 0 Å². The molecule has 1 fully saturated rings. The highest BCUT2D eigenvalue weighted by atomic mass is 32.2. The molecule has 1 aliphatic heterocycles. The highest BCUT2D eigenvalue weighted by Crippen LogP contribution is 2.12. The van der Waals surface area contributed by atoms with E-state index in [2.05, 4.69) is 10.3 Å². The van der Waals surface area contributed by atoms with Crippen molar-refractivity contribution in [2.75, 3.05) is 13.1 Å². The predicted octanol–water partition coefficient (Wildman–Crippen LogP) is 1.08. The standard InChI is InChI=1S/C11H16N2OS/c14-15(11-5-3-6-12-8-11)9-10-4-1-2-7-13-10/h1-2,4,7,11-12H,3,5-6,8-9H2. The maximum atomic E-state index is 12.0. The Morgan fingerprint density at radius 3 is 3.13 bits per heavy atom. The quantitative estimate of drug-likeness (QED) is 0.835. The number of nitrogens with zero attached hydrogens (tertiary/aromatic N) is 1. The Hall–Kier alpha value is -0.740. The summed E-state index contributed by atoms with van der Waals surface area (Å²) in [5.74, 6) is 0.590. The van der Waals surface area contributed by atoms with E-state index in [1.165, 1.54) is 0 Å². The van der Waals surface area contributed by atoms with Crippen LogP contribution in [0.4, 0.5) is 0 Å². The van der Waals surface area contributed by atoms with Gasteiger partial charge in [-0.1, -0.05) is 6.07 Å². The summed E-state index contributed by atoms with van der Waals surface area (Å²) in [6, 6.07) is 5.77. The molecule has 2 rings (SSSR count). The van der Waals surface area contributed by atoms with Gasteiger partial charge in [-0.25, -0.2) is 0 Å². The van der Waals surface area contributed by atoms with Gasteiger partial charge in [0.15, 0.2) is 0 Å². The molecule has 0 saturated carbocycles. The van der Waals surface area contributed by atoms with E-state index < -0.39 is 10.8 Å². The Balaban J connectivity index is 1.91. The van der Waals surface area contributed by atoms with E-state index in [0.717, 1.165) is 31.6 Å². The molecule has 1 aromatic rings. The second-order valence-corrected chi connectivity index (χ2v) is 5.53. The third kappa shape index (κ3) is 3.11. The first-order valence-electron chi connectivity index (χ1n) is 5.34. The first-order valence-corrected chi connectivity index (χ1v) is 6.72. The Labute approximate surface area is 92.8 Å². The van der Waals surface area contributed by atoms with Crippen LogP contribution >= 0.6 is 0 Å².